The van der Waals surface area contributed by atoms with E-state index in [9.17, 15) is 13.2 Å². The molecule has 2 saturated heterocycles. The first kappa shape index (κ1) is 27.2. The van der Waals surface area contributed by atoms with Crippen LogP contribution in [0.25, 0.3) is 0 Å². The molecule has 0 spiro atoms. The van der Waals surface area contributed by atoms with Crippen molar-refractivity contribution in [2.24, 2.45) is 16.8 Å². The quantitative estimate of drug-likeness (QED) is 0.289. The molecule has 182 valence electrons. The summed E-state index contributed by atoms with van der Waals surface area (Å²) in [6.45, 7) is 7.00. The van der Waals surface area contributed by atoms with Gasteiger partial charge >= 0.3 is 6.18 Å². The molecule has 1 aromatic carbocycles. The largest absolute Gasteiger partial charge is 0.401 e. The van der Waals surface area contributed by atoms with Crippen LogP contribution in [0.5, 0.6) is 0 Å². The summed E-state index contributed by atoms with van der Waals surface area (Å²) in [7, 11) is 0. The maximum absolute atomic E-state index is 12.6. The van der Waals surface area contributed by atoms with Gasteiger partial charge in [0, 0.05) is 38.7 Å². The van der Waals surface area contributed by atoms with E-state index in [4.69, 9.17) is 4.74 Å². The molecule has 0 radical (unpaired) electrons. The smallest absolute Gasteiger partial charge is 0.373 e. The number of halogens is 4. The van der Waals surface area contributed by atoms with Crippen molar-refractivity contribution in [2.75, 3.05) is 45.9 Å². The molecule has 2 N–H and O–H groups in total. The van der Waals surface area contributed by atoms with Crippen LogP contribution in [0.1, 0.15) is 43.4 Å². The molecule has 9 heteroatoms. The van der Waals surface area contributed by atoms with Crippen LogP contribution in [0.15, 0.2) is 29.3 Å². The van der Waals surface area contributed by atoms with E-state index in [2.05, 4.69) is 46.8 Å². The summed E-state index contributed by atoms with van der Waals surface area (Å²) >= 11 is 0. The highest BCUT2D eigenvalue weighted by Gasteiger charge is 2.34. The van der Waals surface area contributed by atoms with Gasteiger partial charge in [0.15, 0.2) is 5.96 Å². The van der Waals surface area contributed by atoms with Gasteiger partial charge in [-0.3, -0.25) is 9.89 Å². The third-order valence-corrected chi connectivity index (χ3v) is 6.01. The van der Waals surface area contributed by atoms with Gasteiger partial charge in [-0.05, 0) is 51.1 Å². The van der Waals surface area contributed by atoms with E-state index in [0.717, 1.165) is 44.9 Å². The number of rotatable bonds is 7. The molecule has 2 aliphatic heterocycles. The van der Waals surface area contributed by atoms with E-state index in [1.165, 1.54) is 16.0 Å². The lowest BCUT2D eigenvalue weighted by Gasteiger charge is -2.32. The van der Waals surface area contributed by atoms with Crippen LogP contribution in [0.3, 0.4) is 0 Å². The number of aryl methyl sites for hydroxylation is 1. The molecule has 0 amide bonds. The number of guanidine groups is 1. The maximum Gasteiger partial charge on any atom is 0.401 e. The molecule has 32 heavy (non-hydrogen) atoms. The Morgan fingerprint density at radius 2 is 1.94 bits per heavy atom. The summed E-state index contributed by atoms with van der Waals surface area (Å²) in [5.74, 6) is 1.23. The Balaban J connectivity index is 0.00000363. The first-order chi connectivity index (χ1) is 14.8. The minimum Gasteiger partial charge on any atom is -0.373 e. The van der Waals surface area contributed by atoms with Gasteiger partial charge in [-0.1, -0.05) is 29.8 Å². The summed E-state index contributed by atoms with van der Waals surface area (Å²) in [4.78, 5) is 6.14. The van der Waals surface area contributed by atoms with Crippen molar-refractivity contribution in [3.63, 3.8) is 0 Å². The zero-order valence-electron chi connectivity index (χ0n) is 19.0. The zero-order valence-corrected chi connectivity index (χ0v) is 21.3. The molecule has 2 aliphatic rings. The topological polar surface area (TPSA) is 48.9 Å². The molecule has 2 heterocycles. The van der Waals surface area contributed by atoms with Gasteiger partial charge < -0.3 is 15.4 Å². The first-order valence-corrected chi connectivity index (χ1v) is 11.3. The highest BCUT2D eigenvalue weighted by Crippen LogP contribution is 2.33. The van der Waals surface area contributed by atoms with Crippen molar-refractivity contribution in [1.29, 1.82) is 0 Å². The fraction of sp³-hybridized carbons (Fsp3) is 0.696. The molecule has 2 fully saturated rings. The number of hydrogen-bond donors (Lipinski definition) is 2. The van der Waals surface area contributed by atoms with Crippen molar-refractivity contribution in [2.45, 2.75) is 45.4 Å². The average Bonchev–Trinajstić information content (AvgIpc) is 3.16. The molecule has 0 bridgehead atoms. The second kappa shape index (κ2) is 13.0. The maximum atomic E-state index is 12.6. The number of aliphatic imine (C=N–C) groups is 1. The van der Waals surface area contributed by atoms with Gasteiger partial charge in [-0.2, -0.15) is 13.2 Å². The van der Waals surface area contributed by atoms with Gasteiger partial charge in [0.25, 0.3) is 0 Å². The third-order valence-electron chi connectivity index (χ3n) is 6.01. The monoisotopic (exact) mass is 568 g/mol. The third kappa shape index (κ3) is 8.70. The molecule has 3 unspecified atom stereocenters. The molecule has 3 atom stereocenters. The molecular formula is C23H36F3IN4O. The Morgan fingerprint density at radius 3 is 2.62 bits per heavy atom. The zero-order chi connectivity index (χ0) is 22.3. The van der Waals surface area contributed by atoms with E-state index in [1.54, 1.807) is 0 Å². The second-order valence-electron chi connectivity index (χ2n) is 8.71. The van der Waals surface area contributed by atoms with Crippen LogP contribution in [-0.4, -0.2) is 62.9 Å². The number of hydrogen-bond acceptors (Lipinski definition) is 3. The van der Waals surface area contributed by atoms with Crippen molar-refractivity contribution in [3.05, 3.63) is 35.4 Å². The Labute approximate surface area is 206 Å². The molecule has 3 rings (SSSR count). The van der Waals surface area contributed by atoms with Gasteiger partial charge in [0.05, 0.1) is 12.6 Å². The predicted molar refractivity (Wildman–Crippen MR) is 133 cm³/mol. The Morgan fingerprint density at radius 1 is 1.19 bits per heavy atom. The molecular weight excluding hydrogens is 532 g/mol. The van der Waals surface area contributed by atoms with Gasteiger partial charge in [-0.25, -0.2) is 0 Å². The number of ether oxygens (including phenoxy) is 1. The van der Waals surface area contributed by atoms with Crippen LogP contribution in [0, 0.1) is 18.8 Å². The standard InChI is InChI=1S/C23H35F3N4O.HI/c1-3-27-22(28-13-18-10-11-30(15-18)16-23(24,25)26)29-14-20-5-4-12-31-21(20)19-8-6-17(2)7-9-19;/h6-9,18,20-21H,3-5,10-16H2,1-2H3,(H2,27,28,29);1H. The predicted octanol–water partition coefficient (Wildman–Crippen LogP) is 4.52. The van der Waals surface area contributed by atoms with E-state index in [0.29, 0.717) is 25.6 Å². The fourth-order valence-corrected chi connectivity index (χ4v) is 4.43. The Kier molecular flexibility index (Phi) is 11.0. The van der Waals surface area contributed by atoms with E-state index < -0.39 is 12.7 Å². The van der Waals surface area contributed by atoms with Crippen LogP contribution in [-0.2, 0) is 4.74 Å². The summed E-state index contributed by atoms with van der Waals surface area (Å²) in [6, 6.07) is 8.52. The SMILES string of the molecule is CCNC(=NCC1CCN(CC(F)(F)F)C1)NCC1CCCOC1c1ccc(C)cc1.I. The van der Waals surface area contributed by atoms with Crippen LogP contribution < -0.4 is 10.6 Å². The minimum atomic E-state index is -4.13. The Bertz CT molecular complexity index is 714. The normalized spacial score (nSPS) is 24.8. The van der Waals surface area contributed by atoms with Crippen molar-refractivity contribution >= 4 is 29.9 Å². The van der Waals surface area contributed by atoms with Crippen LogP contribution >= 0.6 is 24.0 Å². The van der Waals surface area contributed by atoms with Gasteiger partial charge in [0.2, 0.25) is 0 Å². The first-order valence-electron chi connectivity index (χ1n) is 11.3. The average molecular weight is 568 g/mol. The number of alkyl halides is 3. The molecule has 5 nitrogen and oxygen atoms in total. The number of nitrogens with one attached hydrogen (secondary N) is 2. The molecule has 1 aromatic rings. The minimum absolute atomic E-state index is 0. The summed E-state index contributed by atoms with van der Waals surface area (Å²) in [5, 5.41) is 6.70. The van der Waals surface area contributed by atoms with Crippen molar-refractivity contribution in [1.82, 2.24) is 15.5 Å². The van der Waals surface area contributed by atoms with Crippen LogP contribution in [0.2, 0.25) is 0 Å². The van der Waals surface area contributed by atoms with Crippen LogP contribution in [0.4, 0.5) is 13.2 Å². The summed E-state index contributed by atoms with van der Waals surface area (Å²) < 4.78 is 43.9. The highest BCUT2D eigenvalue weighted by molar-refractivity contribution is 14.0. The number of nitrogens with zero attached hydrogens (tertiary/aromatic N) is 2. The van der Waals surface area contributed by atoms with E-state index in [-0.39, 0.29) is 36.0 Å². The lowest BCUT2D eigenvalue weighted by molar-refractivity contribution is -0.143. The van der Waals surface area contributed by atoms with E-state index >= 15 is 0 Å². The molecule has 0 aromatic heterocycles. The summed E-state index contributed by atoms with van der Waals surface area (Å²) in [6.07, 6.45) is -1.19. The summed E-state index contributed by atoms with van der Waals surface area (Å²) in [5.41, 5.74) is 2.44. The Hall–Kier alpha value is -1.07. The second-order valence-corrected chi connectivity index (χ2v) is 8.71. The van der Waals surface area contributed by atoms with Gasteiger partial charge in [-0.15, -0.1) is 24.0 Å². The van der Waals surface area contributed by atoms with Crippen molar-refractivity contribution < 1.29 is 17.9 Å². The number of benzene rings is 1. The van der Waals surface area contributed by atoms with Gasteiger partial charge in [0.1, 0.15) is 0 Å². The fourth-order valence-electron chi connectivity index (χ4n) is 4.43. The highest BCUT2D eigenvalue weighted by atomic mass is 127. The lowest BCUT2D eigenvalue weighted by atomic mass is 9.89. The molecule has 0 aliphatic carbocycles. The number of likely N-dealkylation sites (tertiary alicyclic amines) is 1. The molecule has 0 saturated carbocycles. The van der Waals surface area contributed by atoms with Crippen molar-refractivity contribution in [3.8, 4) is 0 Å². The van der Waals surface area contributed by atoms with E-state index in [1.807, 2.05) is 6.92 Å². The lowest BCUT2D eigenvalue weighted by Crippen LogP contribution is -2.42.